The Balaban J connectivity index is 1.48. The van der Waals surface area contributed by atoms with Crippen LogP contribution in [0.5, 0.6) is 0 Å². The molecule has 1 aliphatic carbocycles. The average molecular weight is 515 g/mol. The maximum atomic E-state index is 14.4. The summed E-state index contributed by atoms with van der Waals surface area (Å²) in [4.78, 5) is 17.2. The van der Waals surface area contributed by atoms with Crippen LogP contribution in [-0.2, 0) is 22.3 Å². The van der Waals surface area contributed by atoms with Gasteiger partial charge < -0.3 is 9.64 Å². The summed E-state index contributed by atoms with van der Waals surface area (Å²) in [7, 11) is 0. The number of halogens is 5. The summed E-state index contributed by atoms with van der Waals surface area (Å²) >= 11 is 6.60. The summed E-state index contributed by atoms with van der Waals surface area (Å²) in [6.45, 7) is 3.86. The minimum atomic E-state index is -4.62. The predicted molar refractivity (Wildman–Crippen MR) is 121 cm³/mol. The third-order valence-corrected chi connectivity index (χ3v) is 7.65. The zero-order valence-electron chi connectivity index (χ0n) is 19.3. The topological polar surface area (TPSA) is 50.6 Å². The Morgan fingerprint density at radius 2 is 1.86 bits per heavy atom. The Morgan fingerprint density at radius 1 is 1.14 bits per heavy atom. The number of nitrogens with zero attached hydrogens (tertiary/aromatic N) is 4. The van der Waals surface area contributed by atoms with Gasteiger partial charge in [0.05, 0.1) is 24.9 Å². The number of benzene rings is 1. The van der Waals surface area contributed by atoms with Crippen LogP contribution in [0.1, 0.15) is 53.7 Å². The highest BCUT2D eigenvalue weighted by Crippen LogP contribution is 2.43. The molecule has 2 aromatic rings. The van der Waals surface area contributed by atoms with Crippen LogP contribution in [0, 0.1) is 12.7 Å². The van der Waals surface area contributed by atoms with Gasteiger partial charge in [0, 0.05) is 36.6 Å². The van der Waals surface area contributed by atoms with Gasteiger partial charge in [-0.3, -0.25) is 14.4 Å². The molecule has 1 amide bonds. The highest BCUT2D eigenvalue weighted by atomic mass is 35.5. The van der Waals surface area contributed by atoms with Crippen LogP contribution < -0.4 is 0 Å². The summed E-state index contributed by atoms with van der Waals surface area (Å²) in [5.74, 6) is -0.950. The van der Waals surface area contributed by atoms with Gasteiger partial charge in [-0.15, -0.1) is 0 Å². The van der Waals surface area contributed by atoms with E-state index in [0.29, 0.717) is 61.1 Å². The molecule has 0 spiro atoms. The molecule has 0 unspecified atom stereocenters. The Morgan fingerprint density at radius 3 is 2.51 bits per heavy atom. The number of aryl methyl sites for hydroxylation is 1. The zero-order valence-corrected chi connectivity index (χ0v) is 20.1. The summed E-state index contributed by atoms with van der Waals surface area (Å²) in [6, 6.07) is 2.98. The molecule has 1 aromatic heterocycles. The van der Waals surface area contributed by atoms with Crippen LogP contribution in [0.3, 0.4) is 0 Å². The average Bonchev–Trinajstić information content (AvgIpc) is 3.41. The van der Waals surface area contributed by atoms with Gasteiger partial charge in [-0.05, 0) is 55.5 Å². The number of hydrogen-bond donors (Lipinski definition) is 0. The first-order valence-electron chi connectivity index (χ1n) is 11.8. The van der Waals surface area contributed by atoms with Crippen LogP contribution in [-0.4, -0.2) is 64.4 Å². The van der Waals surface area contributed by atoms with E-state index in [1.165, 1.54) is 12.1 Å². The van der Waals surface area contributed by atoms with E-state index < -0.39 is 36.2 Å². The number of aromatic nitrogens is 2. The number of ether oxygens (including phenoxy) is 1. The Bertz CT molecular complexity index is 1110. The van der Waals surface area contributed by atoms with Crippen molar-refractivity contribution < 1.29 is 27.1 Å². The van der Waals surface area contributed by atoms with Crippen molar-refractivity contribution in [2.45, 2.75) is 56.9 Å². The normalized spacial score (nSPS) is 23.8. The molecule has 5 rings (SSSR count). The molecule has 1 aromatic carbocycles. The molecule has 1 saturated carbocycles. The van der Waals surface area contributed by atoms with Crippen molar-refractivity contribution in [1.29, 1.82) is 0 Å². The maximum Gasteiger partial charge on any atom is 0.433 e. The molecule has 190 valence electrons. The monoisotopic (exact) mass is 514 g/mol. The molecule has 0 bridgehead atoms. The molecule has 3 aliphatic rings. The lowest BCUT2D eigenvalue weighted by Gasteiger charge is -2.38. The van der Waals surface area contributed by atoms with E-state index in [4.69, 9.17) is 16.3 Å². The van der Waals surface area contributed by atoms with Crippen LogP contribution in [0.15, 0.2) is 18.2 Å². The Kier molecular flexibility index (Phi) is 6.56. The van der Waals surface area contributed by atoms with E-state index in [1.54, 1.807) is 11.8 Å². The SMILES string of the molecule is Cc1cc(F)cc([C@@H]2[C@H](N3CCOCC3)CCN2C(=O)Cn2nc(C3CC3)cc2C(F)(F)F)c1Cl. The first-order valence-corrected chi connectivity index (χ1v) is 12.2. The maximum absolute atomic E-state index is 14.4. The van der Waals surface area contributed by atoms with Crippen molar-refractivity contribution in [2.75, 3.05) is 32.8 Å². The number of hydrogen-bond acceptors (Lipinski definition) is 4. The fraction of sp³-hybridized carbons (Fsp3) is 0.583. The third-order valence-electron chi connectivity index (χ3n) is 7.14. The van der Waals surface area contributed by atoms with E-state index in [2.05, 4.69) is 10.00 Å². The highest BCUT2D eigenvalue weighted by molar-refractivity contribution is 6.32. The van der Waals surface area contributed by atoms with Gasteiger partial charge in [0.15, 0.2) is 0 Å². The molecule has 35 heavy (non-hydrogen) atoms. The largest absolute Gasteiger partial charge is 0.433 e. The van der Waals surface area contributed by atoms with Gasteiger partial charge in [-0.25, -0.2) is 4.39 Å². The standard InChI is InChI=1S/C24H27ClF4N4O2/c1-14-10-16(26)11-17(22(14)25)23-19(31-6-8-35-9-7-31)4-5-32(23)21(34)13-33-20(24(27,28)29)12-18(30-33)15-2-3-15/h10-12,15,19,23H,2-9,13H2,1H3/t19-,23-/m1/s1. The van der Waals surface area contributed by atoms with Gasteiger partial charge in [0.1, 0.15) is 18.1 Å². The molecule has 0 radical (unpaired) electrons. The molecule has 2 saturated heterocycles. The molecular weight excluding hydrogens is 488 g/mol. The van der Waals surface area contributed by atoms with Gasteiger partial charge in [-0.1, -0.05) is 11.6 Å². The van der Waals surface area contributed by atoms with Crippen LogP contribution in [0.2, 0.25) is 5.02 Å². The van der Waals surface area contributed by atoms with Crippen LogP contribution >= 0.6 is 11.6 Å². The van der Waals surface area contributed by atoms with Crippen molar-refractivity contribution in [1.82, 2.24) is 19.6 Å². The second-order valence-electron chi connectivity index (χ2n) is 9.55. The number of morpholine rings is 1. The van der Waals surface area contributed by atoms with Gasteiger partial charge in [0.2, 0.25) is 5.91 Å². The number of alkyl halides is 3. The predicted octanol–water partition coefficient (Wildman–Crippen LogP) is 4.55. The van der Waals surface area contributed by atoms with Crippen LogP contribution in [0.25, 0.3) is 0 Å². The second kappa shape index (κ2) is 9.37. The fourth-order valence-corrected chi connectivity index (χ4v) is 5.49. The molecular formula is C24H27ClF4N4O2. The van der Waals surface area contributed by atoms with Crippen LogP contribution in [0.4, 0.5) is 17.6 Å². The van der Waals surface area contributed by atoms with E-state index in [9.17, 15) is 22.4 Å². The number of amides is 1. The van der Waals surface area contributed by atoms with Gasteiger partial charge in [0.25, 0.3) is 0 Å². The van der Waals surface area contributed by atoms with E-state index in [-0.39, 0.29) is 12.0 Å². The summed E-state index contributed by atoms with van der Waals surface area (Å²) in [5.41, 5.74) is 0.467. The van der Waals surface area contributed by atoms with Gasteiger partial charge in [-0.2, -0.15) is 18.3 Å². The number of carbonyl (C=O) groups excluding carboxylic acids is 1. The number of carbonyl (C=O) groups is 1. The highest BCUT2D eigenvalue weighted by Gasteiger charge is 2.44. The first-order chi connectivity index (χ1) is 16.6. The minimum absolute atomic E-state index is 0.0202. The van der Waals surface area contributed by atoms with E-state index in [1.807, 2.05) is 0 Å². The zero-order chi connectivity index (χ0) is 24.9. The quantitative estimate of drug-likeness (QED) is 0.549. The van der Waals surface area contributed by atoms with E-state index in [0.717, 1.165) is 23.6 Å². The van der Waals surface area contributed by atoms with Crippen molar-refractivity contribution in [2.24, 2.45) is 0 Å². The number of rotatable bonds is 5. The molecule has 2 atom stereocenters. The van der Waals surface area contributed by atoms with Crippen molar-refractivity contribution in [3.63, 3.8) is 0 Å². The molecule has 6 nitrogen and oxygen atoms in total. The summed E-state index contributed by atoms with van der Waals surface area (Å²) in [5, 5.41) is 4.50. The molecule has 11 heteroatoms. The van der Waals surface area contributed by atoms with Crippen molar-refractivity contribution in [3.8, 4) is 0 Å². The third kappa shape index (κ3) is 4.93. The van der Waals surface area contributed by atoms with Crippen molar-refractivity contribution >= 4 is 17.5 Å². The van der Waals surface area contributed by atoms with Crippen molar-refractivity contribution in [3.05, 3.63) is 51.6 Å². The van der Waals surface area contributed by atoms with E-state index >= 15 is 0 Å². The number of likely N-dealkylation sites (tertiary alicyclic amines) is 1. The lowest BCUT2D eigenvalue weighted by Crippen LogP contribution is -2.47. The van der Waals surface area contributed by atoms with Gasteiger partial charge >= 0.3 is 6.18 Å². The summed E-state index contributed by atoms with van der Waals surface area (Å²) < 4.78 is 61.8. The lowest BCUT2D eigenvalue weighted by molar-refractivity contribution is -0.146. The molecule has 2 aliphatic heterocycles. The molecule has 0 N–H and O–H groups in total. The Labute approximate surface area is 205 Å². The molecule has 3 heterocycles. The lowest BCUT2D eigenvalue weighted by atomic mass is 9.96. The molecule has 3 fully saturated rings. The first kappa shape index (κ1) is 24.5. The smallest absolute Gasteiger partial charge is 0.379 e. The Hall–Kier alpha value is -2.17. The second-order valence-corrected chi connectivity index (χ2v) is 9.92. The minimum Gasteiger partial charge on any atom is -0.379 e. The summed E-state index contributed by atoms with van der Waals surface area (Å²) in [6.07, 6.45) is -2.42. The fourth-order valence-electron chi connectivity index (χ4n) is 5.27.